The molecule has 0 heterocycles. The molecule has 0 aliphatic heterocycles. The van der Waals surface area contributed by atoms with Crippen molar-refractivity contribution in [2.45, 2.75) is 44.6 Å². The highest BCUT2D eigenvalue weighted by Crippen LogP contribution is 2.25. The molecule has 1 fully saturated rings. The van der Waals surface area contributed by atoms with Crippen LogP contribution in [0.25, 0.3) is 0 Å². The van der Waals surface area contributed by atoms with Crippen LogP contribution in [0.2, 0.25) is 0 Å². The summed E-state index contributed by atoms with van der Waals surface area (Å²) >= 11 is 0. The lowest BCUT2D eigenvalue weighted by atomic mass is 9.88. The van der Waals surface area contributed by atoms with Crippen molar-refractivity contribution in [3.8, 4) is 0 Å². The molecule has 1 aliphatic carbocycles. The molecule has 0 radical (unpaired) electrons. The zero-order chi connectivity index (χ0) is 21.9. The zero-order valence-corrected chi connectivity index (χ0v) is 18.3. The highest BCUT2D eigenvalue weighted by atomic mass is 16.3. The van der Waals surface area contributed by atoms with E-state index < -0.39 is 0 Å². The normalized spacial score (nSPS) is 15.9. The fourth-order valence-corrected chi connectivity index (χ4v) is 4.01. The molecule has 0 spiro atoms. The van der Waals surface area contributed by atoms with Crippen molar-refractivity contribution < 1.29 is 9.90 Å². The van der Waals surface area contributed by atoms with Gasteiger partial charge in [0.1, 0.15) is 0 Å². The Balaban J connectivity index is 1.50. The van der Waals surface area contributed by atoms with Crippen LogP contribution in [0.1, 0.15) is 49.1 Å². The maximum Gasteiger partial charge on any atom is 0.227 e. The number of benzene rings is 2. The van der Waals surface area contributed by atoms with Gasteiger partial charge in [-0.05, 0) is 36.1 Å². The number of amides is 1. The topological polar surface area (TPSA) is 85.8 Å². The molecule has 4 N–H and O–H groups in total. The van der Waals surface area contributed by atoms with Crippen LogP contribution in [0.3, 0.4) is 0 Å². The third-order valence-electron chi connectivity index (χ3n) is 5.86. The van der Waals surface area contributed by atoms with E-state index in [9.17, 15) is 9.90 Å². The number of hydrogen-bond acceptors (Lipinski definition) is 3. The summed E-state index contributed by atoms with van der Waals surface area (Å²) in [4.78, 5) is 16.8. The van der Waals surface area contributed by atoms with E-state index in [-0.39, 0.29) is 24.3 Å². The van der Waals surface area contributed by atoms with E-state index >= 15 is 0 Å². The lowest BCUT2D eigenvalue weighted by molar-refractivity contribution is -0.120. The van der Waals surface area contributed by atoms with Crippen molar-refractivity contribution in [3.63, 3.8) is 0 Å². The largest absolute Gasteiger partial charge is 0.396 e. The molecule has 3 rings (SSSR count). The highest BCUT2D eigenvalue weighted by Gasteiger charge is 2.21. The number of aliphatic hydroxyl groups excluding tert-OH is 1. The Kier molecular flexibility index (Phi) is 8.91. The van der Waals surface area contributed by atoms with Gasteiger partial charge in [0.2, 0.25) is 5.91 Å². The van der Waals surface area contributed by atoms with Crippen molar-refractivity contribution in [1.82, 2.24) is 10.6 Å². The molecular formula is C25H34N4O2. The number of aliphatic imine (C=N–C) groups is 1. The molecule has 31 heavy (non-hydrogen) atoms. The molecule has 0 bridgehead atoms. The van der Waals surface area contributed by atoms with Crippen LogP contribution in [-0.4, -0.2) is 37.2 Å². The molecule has 0 saturated heterocycles. The van der Waals surface area contributed by atoms with E-state index in [1.54, 1.807) is 7.05 Å². The lowest BCUT2D eigenvalue weighted by Crippen LogP contribution is -2.39. The molecule has 1 aliphatic rings. The smallest absolute Gasteiger partial charge is 0.227 e. The first-order valence-electron chi connectivity index (χ1n) is 11.2. The summed E-state index contributed by atoms with van der Waals surface area (Å²) in [5.74, 6) is 0.949. The van der Waals surface area contributed by atoms with Crippen molar-refractivity contribution in [2.75, 3.05) is 25.5 Å². The summed E-state index contributed by atoms with van der Waals surface area (Å²) in [7, 11) is 1.73. The second-order valence-electron chi connectivity index (χ2n) is 8.12. The number of aliphatic hydroxyl groups is 1. The van der Waals surface area contributed by atoms with E-state index in [2.05, 4.69) is 20.9 Å². The number of anilines is 1. The highest BCUT2D eigenvalue weighted by molar-refractivity contribution is 5.92. The number of nitrogens with one attached hydrogen (secondary N) is 3. The van der Waals surface area contributed by atoms with Gasteiger partial charge in [0.15, 0.2) is 5.96 Å². The SMILES string of the molecule is CN=C(NCc1cccc(NC(=O)C2CCCCC2)c1)NCC(CO)c1ccccc1. The molecule has 2 aromatic carbocycles. The molecule has 6 nitrogen and oxygen atoms in total. The second kappa shape index (κ2) is 12.1. The van der Waals surface area contributed by atoms with E-state index in [1.165, 1.54) is 6.42 Å². The number of guanidine groups is 1. The number of hydrogen-bond donors (Lipinski definition) is 4. The zero-order valence-electron chi connectivity index (χ0n) is 18.3. The first-order chi connectivity index (χ1) is 15.2. The summed E-state index contributed by atoms with van der Waals surface area (Å²) in [6.45, 7) is 1.23. The predicted molar refractivity (Wildman–Crippen MR) is 126 cm³/mol. The standard InChI is InChI=1S/C25H34N4O2/c1-26-25(28-17-22(18-30)20-10-4-2-5-11-20)27-16-19-9-8-14-23(15-19)29-24(31)21-12-6-3-7-13-21/h2,4-5,8-11,14-15,21-22,30H,3,6-7,12-13,16-18H2,1H3,(H,29,31)(H2,26,27,28). The van der Waals surface area contributed by atoms with Crippen LogP contribution in [0.4, 0.5) is 5.69 Å². The third kappa shape index (κ3) is 7.10. The Labute approximate surface area is 185 Å². The first-order valence-corrected chi connectivity index (χ1v) is 11.2. The molecule has 1 saturated carbocycles. The fourth-order valence-electron chi connectivity index (χ4n) is 4.01. The minimum absolute atomic E-state index is 0.00178. The fraction of sp³-hybridized carbons (Fsp3) is 0.440. The Bertz CT molecular complexity index is 848. The number of carbonyl (C=O) groups is 1. The molecule has 1 atom stereocenters. The molecule has 6 heteroatoms. The van der Waals surface area contributed by atoms with E-state index in [0.717, 1.165) is 42.5 Å². The maximum atomic E-state index is 12.5. The van der Waals surface area contributed by atoms with Gasteiger partial charge in [-0.3, -0.25) is 9.79 Å². The van der Waals surface area contributed by atoms with E-state index in [0.29, 0.717) is 19.0 Å². The van der Waals surface area contributed by atoms with Gasteiger partial charge in [-0.25, -0.2) is 0 Å². The summed E-state index contributed by atoms with van der Waals surface area (Å²) in [6, 6.07) is 17.9. The van der Waals surface area contributed by atoms with Gasteiger partial charge < -0.3 is 21.1 Å². The Morgan fingerprint density at radius 2 is 1.84 bits per heavy atom. The molecule has 1 unspecified atom stereocenters. The van der Waals surface area contributed by atoms with Gasteiger partial charge in [0.25, 0.3) is 0 Å². The summed E-state index contributed by atoms with van der Waals surface area (Å²) in [5.41, 5.74) is 2.99. The number of carbonyl (C=O) groups excluding carboxylic acids is 1. The average molecular weight is 423 g/mol. The maximum absolute atomic E-state index is 12.5. The average Bonchev–Trinajstić information content (AvgIpc) is 2.83. The lowest BCUT2D eigenvalue weighted by Gasteiger charge is -2.21. The summed E-state index contributed by atoms with van der Waals surface area (Å²) < 4.78 is 0. The molecule has 166 valence electrons. The van der Waals surface area contributed by atoms with Gasteiger partial charge in [-0.1, -0.05) is 61.7 Å². The van der Waals surface area contributed by atoms with Crippen LogP contribution in [0.5, 0.6) is 0 Å². The van der Waals surface area contributed by atoms with Crippen LogP contribution in [-0.2, 0) is 11.3 Å². The Hall–Kier alpha value is -2.86. The summed E-state index contributed by atoms with van der Waals surface area (Å²) in [5, 5.41) is 19.4. The number of rotatable bonds is 8. The van der Waals surface area contributed by atoms with Crippen molar-refractivity contribution in [3.05, 3.63) is 65.7 Å². The molecule has 2 aromatic rings. The van der Waals surface area contributed by atoms with Crippen molar-refractivity contribution in [2.24, 2.45) is 10.9 Å². The Morgan fingerprint density at radius 3 is 2.55 bits per heavy atom. The van der Waals surface area contributed by atoms with Gasteiger partial charge in [-0.2, -0.15) is 0 Å². The summed E-state index contributed by atoms with van der Waals surface area (Å²) in [6.07, 6.45) is 5.52. The van der Waals surface area contributed by atoms with E-state index in [1.807, 2.05) is 54.6 Å². The van der Waals surface area contributed by atoms with Crippen LogP contribution < -0.4 is 16.0 Å². The van der Waals surface area contributed by atoms with Crippen LogP contribution in [0, 0.1) is 5.92 Å². The van der Waals surface area contributed by atoms with Crippen molar-refractivity contribution >= 4 is 17.6 Å². The monoisotopic (exact) mass is 422 g/mol. The quantitative estimate of drug-likeness (QED) is 0.386. The first kappa shape index (κ1) is 22.8. The van der Waals surface area contributed by atoms with Gasteiger partial charge in [0, 0.05) is 37.7 Å². The minimum atomic E-state index is -0.00178. The predicted octanol–water partition coefficient (Wildman–Crippen LogP) is 3.65. The number of nitrogens with zero attached hydrogens (tertiary/aromatic N) is 1. The molecule has 1 amide bonds. The third-order valence-corrected chi connectivity index (χ3v) is 5.86. The molecule has 0 aromatic heterocycles. The van der Waals surface area contributed by atoms with Gasteiger partial charge >= 0.3 is 0 Å². The Morgan fingerprint density at radius 1 is 1.06 bits per heavy atom. The van der Waals surface area contributed by atoms with Gasteiger partial charge in [-0.15, -0.1) is 0 Å². The minimum Gasteiger partial charge on any atom is -0.396 e. The van der Waals surface area contributed by atoms with Crippen LogP contribution >= 0.6 is 0 Å². The van der Waals surface area contributed by atoms with Crippen LogP contribution in [0.15, 0.2) is 59.6 Å². The second-order valence-corrected chi connectivity index (χ2v) is 8.12. The van der Waals surface area contributed by atoms with Crippen molar-refractivity contribution in [1.29, 1.82) is 0 Å². The molecular weight excluding hydrogens is 388 g/mol. The van der Waals surface area contributed by atoms with E-state index in [4.69, 9.17) is 0 Å². The van der Waals surface area contributed by atoms with Gasteiger partial charge in [0.05, 0.1) is 6.61 Å².